The van der Waals surface area contributed by atoms with Gasteiger partial charge in [-0.25, -0.2) is 9.78 Å². The van der Waals surface area contributed by atoms with Crippen molar-refractivity contribution < 1.29 is 27.5 Å². The number of carbonyl (C=O) groups is 2. The van der Waals surface area contributed by atoms with Gasteiger partial charge in [0.2, 0.25) is 0 Å². The van der Waals surface area contributed by atoms with Crippen molar-refractivity contribution in [1.82, 2.24) is 4.98 Å². The highest BCUT2D eigenvalue weighted by molar-refractivity contribution is 5.96. The molecular weight excluding hydrogens is 397 g/mol. The summed E-state index contributed by atoms with van der Waals surface area (Å²) in [6, 6.07) is 15.1. The fraction of sp³-hybridized carbons (Fsp3) is 0.136. The summed E-state index contributed by atoms with van der Waals surface area (Å²) in [7, 11) is 0. The van der Waals surface area contributed by atoms with Crippen LogP contribution in [0.25, 0.3) is 17.0 Å². The Balaban J connectivity index is 1.56. The third-order valence-electron chi connectivity index (χ3n) is 4.15. The van der Waals surface area contributed by atoms with E-state index >= 15 is 0 Å². The zero-order valence-corrected chi connectivity index (χ0v) is 15.8. The Labute approximate surface area is 170 Å². The maximum Gasteiger partial charge on any atom is 0.416 e. The van der Waals surface area contributed by atoms with Crippen molar-refractivity contribution >= 4 is 34.5 Å². The molecule has 0 aliphatic rings. The van der Waals surface area contributed by atoms with Gasteiger partial charge in [0.25, 0.3) is 5.91 Å². The largest absolute Gasteiger partial charge is 0.449 e. The number of nitrogens with zero attached hydrogens (tertiary/aromatic N) is 1. The number of pyridine rings is 1. The number of ether oxygens (including phenoxy) is 1. The summed E-state index contributed by atoms with van der Waals surface area (Å²) in [5.74, 6) is -1.42. The maximum absolute atomic E-state index is 12.6. The second-order valence-electron chi connectivity index (χ2n) is 6.41. The second kappa shape index (κ2) is 8.77. The van der Waals surface area contributed by atoms with Gasteiger partial charge in [-0.05, 0) is 49.4 Å². The fourth-order valence-corrected chi connectivity index (χ4v) is 2.58. The molecule has 0 saturated heterocycles. The number of hydrogen-bond donors (Lipinski definition) is 1. The summed E-state index contributed by atoms with van der Waals surface area (Å²) in [5.41, 5.74) is 0.657. The van der Waals surface area contributed by atoms with Gasteiger partial charge >= 0.3 is 12.1 Å². The summed E-state index contributed by atoms with van der Waals surface area (Å²) < 4.78 is 42.7. The number of fused-ring (bicyclic) bond motifs is 1. The van der Waals surface area contributed by atoms with Crippen LogP contribution in [0.15, 0.2) is 66.7 Å². The van der Waals surface area contributed by atoms with Crippen molar-refractivity contribution in [2.24, 2.45) is 0 Å². The van der Waals surface area contributed by atoms with Crippen molar-refractivity contribution in [2.75, 3.05) is 5.32 Å². The normalized spacial score (nSPS) is 12.7. The van der Waals surface area contributed by atoms with E-state index in [1.54, 1.807) is 6.07 Å². The molecule has 0 spiro atoms. The van der Waals surface area contributed by atoms with Crippen LogP contribution >= 0.6 is 0 Å². The van der Waals surface area contributed by atoms with Crippen LogP contribution in [0.3, 0.4) is 0 Å². The number of para-hydroxylation sites is 1. The lowest BCUT2D eigenvalue weighted by Crippen LogP contribution is -2.29. The third kappa shape index (κ3) is 5.44. The van der Waals surface area contributed by atoms with Crippen LogP contribution in [-0.2, 0) is 20.5 Å². The number of anilines is 1. The molecule has 0 saturated carbocycles. The highest BCUT2D eigenvalue weighted by Crippen LogP contribution is 2.29. The van der Waals surface area contributed by atoms with Crippen LogP contribution in [0.2, 0.25) is 0 Å². The van der Waals surface area contributed by atoms with Gasteiger partial charge in [-0.1, -0.05) is 24.3 Å². The van der Waals surface area contributed by atoms with Crippen LogP contribution in [0, 0.1) is 0 Å². The van der Waals surface area contributed by atoms with E-state index in [4.69, 9.17) is 4.74 Å². The first-order chi connectivity index (χ1) is 14.2. The van der Waals surface area contributed by atoms with Crippen molar-refractivity contribution in [2.45, 2.75) is 19.2 Å². The summed E-state index contributed by atoms with van der Waals surface area (Å²) in [5, 5.41) is 3.36. The predicted molar refractivity (Wildman–Crippen MR) is 106 cm³/mol. The van der Waals surface area contributed by atoms with Crippen LogP contribution < -0.4 is 5.32 Å². The number of rotatable bonds is 5. The molecule has 5 nitrogen and oxygen atoms in total. The molecule has 3 rings (SSSR count). The minimum Gasteiger partial charge on any atom is -0.449 e. The first kappa shape index (κ1) is 21.0. The molecule has 3 aromatic rings. The van der Waals surface area contributed by atoms with E-state index < -0.39 is 29.7 Å². The molecule has 0 bridgehead atoms. The monoisotopic (exact) mass is 414 g/mol. The Morgan fingerprint density at radius 3 is 2.43 bits per heavy atom. The number of alkyl halides is 3. The Morgan fingerprint density at radius 2 is 1.73 bits per heavy atom. The molecule has 1 heterocycles. The zero-order chi connectivity index (χ0) is 21.7. The highest BCUT2D eigenvalue weighted by Gasteiger charge is 2.30. The summed E-state index contributed by atoms with van der Waals surface area (Å²) >= 11 is 0. The molecule has 30 heavy (non-hydrogen) atoms. The van der Waals surface area contributed by atoms with Gasteiger partial charge in [0, 0.05) is 17.1 Å². The number of nitrogens with one attached hydrogen (secondary N) is 1. The molecule has 1 atom stereocenters. The average Bonchev–Trinajstić information content (AvgIpc) is 2.71. The smallest absolute Gasteiger partial charge is 0.416 e. The lowest BCUT2D eigenvalue weighted by molar-refractivity contribution is -0.148. The quantitative estimate of drug-likeness (QED) is 0.479. The van der Waals surface area contributed by atoms with Gasteiger partial charge in [0.1, 0.15) is 0 Å². The molecule has 154 valence electrons. The maximum atomic E-state index is 12.6. The van der Waals surface area contributed by atoms with Gasteiger partial charge in [-0.3, -0.25) is 4.79 Å². The van der Waals surface area contributed by atoms with Gasteiger partial charge in [-0.2, -0.15) is 13.2 Å². The van der Waals surface area contributed by atoms with Crippen molar-refractivity contribution in [3.05, 3.63) is 78.0 Å². The molecule has 1 aromatic heterocycles. The van der Waals surface area contributed by atoms with Crippen LogP contribution in [0.1, 0.15) is 18.2 Å². The molecule has 1 amide bonds. The Bertz CT molecular complexity index is 1090. The molecule has 0 fully saturated rings. The summed E-state index contributed by atoms with van der Waals surface area (Å²) in [6.07, 6.45) is -2.99. The summed E-state index contributed by atoms with van der Waals surface area (Å²) in [6.45, 7) is 1.36. The average molecular weight is 414 g/mol. The number of benzene rings is 2. The van der Waals surface area contributed by atoms with E-state index in [2.05, 4.69) is 10.3 Å². The second-order valence-corrected chi connectivity index (χ2v) is 6.41. The number of halogens is 3. The van der Waals surface area contributed by atoms with Crippen molar-refractivity contribution in [3.8, 4) is 0 Å². The molecule has 8 heteroatoms. The van der Waals surface area contributed by atoms with E-state index in [1.165, 1.54) is 13.0 Å². The fourth-order valence-electron chi connectivity index (χ4n) is 2.58. The minimum absolute atomic E-state index is 0.159. The molecule has 2 aromatic carbocycles. The van der Waals surface area contributed by atoms with E-state index in [-0.39, 0.29) is 5.69 Å². The van der Waals surface area contributed by atoms with Gasteiger partial charge in [-0.15, -0.1) is 0 Å². The first-order valence-corrected chi connectivity index (χ1v) is 8.95. The Hall–Kier alpha value is -3.68. The van der Waals surface area contributed by atoms with Gasteiger partial charge < -0.3 is 10.1 Å². The predicted octanol–water partition coefficient (Wildman–Crippen LogP) is 4.84. The standard InChI is InChI=1S/C22H17F3N2O3/c1-14(21(29)27-18-10-7-16(8-11-18)22(23,24)25)30-20(28)13-12-17-9-6-15-4-2-3-5-19(15)26-17/h2-14H,1H3,(H,27,29)/b13-12+/t14-/m0/s1. The molecule has 0 unspecified atom stereocenters. The minimum atomic E-state index is -4.46. The molecular formula is C22H17F3N2O3. The number of aromatic nitrogens is 1. The van der Waals surface area contributed by atoms with Crippen LogP contribution in [-0.4, -0.2) is 23.0 Å². The molecule has 0 aliphatic heterocycles. The topological polar surface area (TPSA) is 68.3 Å². The van der Waals surface area contributed by atoms with Crippen molar-refractivity contribution in [1.29, 1.82) is 0 Å². The van der Waals surface area contributed by atoms with E-state index in [0.717, 1.165) is 41.2 Å². The van der Waals surface area contributed by atoms with Crippen molar-refractivity contribution in [3.63, 3.8) is 0 Å². The Kier molecular flexibility index (Phi) is 6.15. The Morgan fingerprint density at radius 1 is 1.03 bits per heavy atom. The zero-order valence-electron chi connectivity index (χ0n) is 15.8. The highest BCUT2D eigenvalue weighted by atomic mass is 19.4. The number of hydrogen-bond acceptors (Lipinski definition) is 4. The third-order valence-corrected chi connectivity index (χ3v) is 4.15. The van der Waals surface area contributed by atoms with E-state index in [0.29, 0.717) is 5.69 Å². The van der Waals surface area contributed by atoms with Crippen LogP contribution in [0.4, 0.5) is 18.9 Å². The SMILES string of the molecule is C[C@H](OC(=O)/C=C/c1ccc2ccccc2n1)C(=O)Nc1ccc(C(F)(F)F)cc1. The van der Waals surface area contributed by atoms with Gasteiger partial charge in [0.15, 0.2) is 6.10 Å². The lowest BCUT2D eigenvalue weighted by Gasteiger charge is -2.13. The van der Waals surface area contributed by atoms with Crippen LogP contribution in [0.5, 0.6) is 0 Å². The van der Waals surface area contributed by atoms with E-state index in [9.17, 15) is 22.8 Å². The number of esters is 1. The lowest BCUT2D eigenvalue weighted by atomic mass is 10.2. The van der Waals surface area contributed by atoms with Gasteiger partial charge in [0.05, 0.1) is 16.8 Å². The first-order valence-electron chi connectivity index (χ1n) is 8.95. The number of carbonyl (C=O) groups excluding carboxylic acids is 2. The van der Waals surface area contributed by atoms with E-state index in [1.807, 2.05) is 30.3 Å². The summed E-state index contributed by atoms with van der Waals surface area (Å²) in [4.78, 5) is 28.5. The molecule has 0 radical (unpaired) electrons. The number of amides is 1. The molecule has 1 N–H and O–H groups in total. The molecule has 0 aliphatic carbocycles.